The minimum Gasteiger partial charge on any atom is -0.361 e. The molecule has 2 nitrogen and oxygen atoms in total. The van der Waals surface area contributed by atoms with E-state index in [2.05, 4.69) is 54.7 Å². The third-order valence-electron chi connectivity index (χ3n) is 3.05. The summed E-state index contributed by atoms with van der Waals surface area (Å²) in [4.78, 5) is 3.21. The van der Waals surface area contributed by atoms with Gasteiger partial charge in [0.1, 0.15) is 0 Å². The second-order valence-corrected chi connectivity index (χ2v) is 6.48. The number of H-pyrrole nitrogens is 1. The van der Waals surface area contributed by atoms with Crippen molar-refractivity contribution < 1.29 is 0 Å². The molecule has 0 aliphatic rings. The lowest BCUT2D eigenvalue weighted by Gasteiger charge is -2.22. The Morgan fingerprint density at radius 2 is 2.12 bits per heavy atom. The van der Waals surface area contributed by atoms with Crippen LogP contribution in [0.1, 0.15) is 19.4 Å². The quantitative estimate of drug-likeness (QED) is 0.849. The van der Waals surface area contributed by atoms with Gasteiger partial charge in [0.25, 0.3) is 0 Å². The van der Waals surface area contributed by atoms with E-state index >= 15 is 0 Å². The monoisotopic (exact) mass is 248 g/mol. The Balaban J connectivity index is 1.95. The number of aromatic nitrogens is 1. The molecular weight excluding hydrogens is 228 g/mol. The van der Waals surface area contributed by atoms with Crippen molar-refractivity contribution in [1.29, 1.82) is 0 Å². The number of fused-ring (bicyclic) bond motifs is 1. The number of benzene rings is 1. The van der Waals surface area contributed by atoms with E-state index in [1.807, 2.05) is 18.0 Å². The van der Waals surface area contributed by atoms with E-state index in [4.69, 9.17) is 0 Å². The van der Waals surface area contributed by atoms with E-state index in [0.717, 1.165) is 13.1 Å². The number of nitrogens with one attached hydrogen (secondary N) is 2. The van der Waals surface area contributed by atoms with Gasteiger partial charge in [-0.05, 0) is 49.3 Å². The van der Waals surface area contributed by atoms with Crippen molar-refractivity contribution in [3.63, 3.8) is 0 Å². The van der Waals surface area contributed by atoms with Crippen LogP contribution in [0.4, 0.5) is 0 Å². The number of thioether (sulfide) groups is 1. The Bertz CT molecular complexity index is 488. The molecule has 0 spiro atoms. The predicted octanol–water partition coefficient (Wildman–Crippen LogP) is 3.40. The van der Waals surface area contributed by atoms with Crippen molar-refractivity contribution in [2.24, 2.45) is 0 Å². The molecule has 2 rings (SSSR count). The third-order valence-corrected chi connectivity index (χ3v) is 4.30. The smallest absolute Gasteiger partial charge is 0.0454 e. The number of aromatic amines is 1. The van der Waals surface area contributed by atoms with Gasteiger partial charge in [0.05, 0.1) is 0 Å². The Hall–Kier alpha value is -0.930. The standard InChI is InChI=1S/C14H20N2S/c1-14(2,17-3)10-15-9-11-4-5-13-12(8-11)6-7-16-13/h4-8,15-16H,9-10H2,1-3H3. The average Bonchev–Trinajstić information content (AvgIpc) is 2.76. The van der Waals surface area contributed by atoms with Gasteiger partial charge in [-0.25, -0.2) is 0 Å². The summed E-state index contributed by atoms with van der Waals surface area (Å²) in [6, 6.07) is 8.68. The molecule has 1 heterocycles. The normalized spacial score (nSPS) is 12.2. The lowest BCUT2D eigenvalue weighted by Crippen LogP contribution is -2.31. The molecule has 1 aromatic carbocycles. The molecule has 3 heteroatoms. The molecule has 0 aliphatic heterocycles. The highest BCUT2D eigenvalue weighted by atomic mass is 32.2. The molecule has 0 aliphatic carbocycles. The Morgan fingerprint density at radius 3 is 2.88 bits per heavy atom. The zero-order valence-corrected chi connectivity index (χ0v) is 11.5. The summed E-state index contributed by atoms with van der Waals surface area (Å²) in [6.45, 7) is 6.49. The van der Waals surface area contributed by atoms with Crippen LogP contribution >= 0.6 is 11.8 Å². The Labute approximate surface area is 107 Å². The summed E-state index contributed by atoms with van der Waals surface area (Å²) >= 11 is 1.90. The highest BCUT2D eigenvalue weighted by Gasteiger charge is 2.14. The molecule has 17 heavy (non-hydrogen) atoms. The van der Waals surface area contributed by atoms with Gasteiger partial charge >= 0.3 is 0 Å². The summed E-state index contributed by atoms with van der Waals surface area (Å²) < 4.78 is 0.304. The molecule has 2 aromatic rings. The summed E-state index contributed by atoms with van der Waals surface area (Å²) in [6.07, 6.45) is 4.15. The molecule has 0 radical (unpaired) electrons. The maximum absolute atomic E-state index is 3.52. The van der Waals surface area contributed by atoms with Crippen LogP contribution in [0.25, 0.3) is 10.9 Å². The molecule has 0 fully saturated rings. The number of hydrogen-bond acceptors (Lipinski definition) is 2. The molecule has 0 amide bonds. The zero-order chi connectivity index (χ0) is 12.3. The molecule has 0 saturated carbocycles. The van der Waals surface area contributed by atoms with E-state index in [-0.39, 0.29) is 0 Å². The van der Waals surface area contributed by atoms with Crippen molar-refractivity contribution in [2.45, 2.75) is 25.1 Å². The van der Waals surface area contributed by atoms with Gasteiger partial charge in [-0.3, -0.25) is 0 Å². The fraction of sp³-hybridized carbons (Fsp3) is 0.429. The molecular formula is C14H20N2S. The van der Waals surface area contributed by atoms with Crippen molar-refractivity contribution in [2.75, 3.05) is 12.8 Å². The van der Waals surface area contributed by atoms with Crippen LogP contribution in [0.2, 0.25) is 0 Å². The number of rotatable bonds is 5. The average molecular weight is 248 g/mol. The van der Waals surface area contributed by atoms with Crippen LogP contribution in [-0.2, 0) is 6.54 Å². The second kappa shape index (κ2) is 5.15. The maximum atomic E-state index is 3.52. The van der Waals surface area contributed by atoms with Crippen LogP contribution in [0.15, 0.2) is 30.5 Å². The molecule has 0 saturated heterocycles. The fourth-order valence-electron chi connectivity index (χ4n) is 1.79. The molecule has 2 N–H and O–H groups in total. The highest BCUT2D eigenvalue weighted by molar-refractivity contribution is 7.99. The molecule has 0 unspecified atom stereocenters. The first kappa shape index (κ1) is 12.5. The van der Waals surface area contributed by atoms with E-state index < -0.39 is 0 Å². The highest BCUT2D eigenvalue weighted by Crippen LogP contribution is 2.20. The SMILES string of the molecule is CSC(C)(C)CNCc1ccc2[nH]ccc2c1. The minimum absolute atomic E-state index is 0.304. The summed E-state index contributed by atoms with van der Waals surface area (Å²) in [5.41, 5.74) is 2.55. The predicted molar refractivity (Wildman–Crippen MR) is 77.6 cm³/mol. The van der Waals surface area contributed by atoms with Gasteiger partial charge in [0, 0.05) is 29.6 Å². The third kappa shape index (κ3) is 3.27. The largest absolute Gasteiger partial charge is 0.361 e. The van der Waals surface area contributed by atoms with Crippen molar-refractivity contribution in [1.82, 2.24) is 10.3 Å². The van der Waals surface area contributed by atoms with E-state index in [0.29, 0.717) is 4.75 Å². The van der Waals surface area contributed by atoms with Crippen LogP contribution < -0.4 is 5.32 Å². The summed E-state index contributed by atoms with van der Waals surface area (Å²) in [5.74, 6) is 0. The molecule has 0 atom stereocenters. The van der Waals surface area contributed by atoms with E-state index in [1.54, 1.807) is 0 Å². The molecule has 0 bridgehead atoms. The van der Waals surface area contributed by atoms with Crippen LogP contribution in [0, 0.1) is 0 Å². The van der Waals surface area contributed by atoms with Gasteiger partial charge in [-0.15, -0.1) is 0 Å². The van der Waals surface area contributed by atoms with E-state index in [1.165, 1.54) is 16.5 Å². The molecule has 1 aromatic heterocycles. The van der Waals surface area contributed by atoms with Gasteiger partial charge in [0.15, 0.2) is 0 Å². The second-order valence-electron chi connectivity index (χ2n) is 4.97. The summed E-state index contributed by atoms with van der Waals surface area (Å²) in [7, 11) is 0. The lowest BCUT2D eigenvalue weighted by molar-refractivity contribution is 0.591. The van der Waals surface area contributed by atoms with Crippen LogP contribution in [0.5, 0.6) is 0 Å². The van der Waals surface area contributed by atoms with Crippen LogP contribution in [-0.4, -0.2) is 22.5 Å². The van der Waals surface area contributed by atoms with Gasteiger partial charge in [-0.2, -0.15) is 11.8 Å². The van der Waals surface area contributed by atoms with Crippen LogP contribution in [0.3, 0.4) is 0 Å². The van der Waals surface area contributed by atoms with Gasteiger partial charge in [-0.1, -0.05) is 6.07 Å². The van der Waals surface area contributed by atoms with Gasteiger partial charge in [0.2, 0.25) is 0 Å². The first-order valence-corrected chi connectivity index (χ1v) is 7.15. The maximum Gasteiger partial charge on any atom is 0.0454 e. The zero-order valence-electron chi connectivity index (χ0n) is 10.7. The lowest BCUT2D eigenvalue weighted by atomic mass is 10.1. The van der Waals surface area contributed by atoms with E-state index in [9.17, 15) is 0 Å². The van der Waals surface area contributed by atoms with Crippen molar-refractivity contribution >= 4 is 22.7 Å². The first-order chi connectivity index (χ1) is 8.11. The first-order valence-electron chi connectivity index (χ1n) is 5.93. The fourth-order valence-corrected chi connectivity index (χ4v) is 2.04. The Morgan fingerprint density at radius 1 is 1.29 bits per heavy atom. The van der Waals surface area contributed by atoms with Gasteiger partial charge < -0.3 is 10.3 Å². The van der Waals surface area contributed by atoms with Crippen molar-refractivity contribution in [3.05, 3.63) is 36.0 Å². The number of hydrogen-bond donors (Lipinski definition) is 2. The topological polar surface area (TPSA) is 27.8 Å². The van der Waals surface area contributed by atoms with Crippen molar-refractivity contribution in [3.8, 4) is 0 Å². The summed E-state index contributed by atoms with van der Waals surface area (Å²) in [5, 5.41) is 4.80. The Kier molecular flexibility index (Phi) is 3.79. The minimum atomic E-state index is 0.304. The molecule has 92 valence electrons.